The zero-order chi connectivity index (χ0) is 10.3. The first-order valence-corrected chi connectivity index (χ1v) is 7.15. The van der Waals surface area contributed by atoms with Gasteiger partial charge in [-0.15, -0.1) is 0 Å². The summed E-state index contributed by atoms with van der Waals surface area (Å²) in [5, 5.41) is 9.96. The predicted octanol–water partition coefficient (Wildman–Crippen LogP) is 2.27. The normalized spacial score (nSPS) is 10.9. The van der Waals surface area contributed by atoms with E-state index >= 15 is 0 Å². The SMILES string of the molecule is S=c1c2ccccc2[se]n1-c1nncs1. The summed E-state index contributed by atoms with van der Waals surface area (Å²) >= 11 is 7.17. The number of nitrogens with zero attached hydrogens (tertiary/aromatic N) is 3. The maximum atomic E-state index is 5.42. The Morgan fingerprint density at radius 2 is 2.20 bits per heavy atom. The van der Waals surface area contributed by atoms with Crippen molar-refractivity contribution in [3.8, 4) is 5.13 Å². The van der Waals surface area contributed by atoms with Crippen molar-refractivity contribution in [3.05, 3.63) is 34.4 Å². The monoisotopic (exact) mass is 299 g/mol. The van der Waals surface area contributed by atoms with Gasteiger partial charge >= 0.3 is 101 Å². The maximum absolute atomic E-state index is 5.42. The van der Waals surface area contributed by atoms with Gasteiger partial charge < -0.3 is 0 Å². The van der Waals surface area contributed by atoms with E-state index in [-0.39, 0.29) is 14.7 Å². The van der Waals surface area contributed by atoms with E-state index in [0.29, 0.717) is 0 Å². The first-order chi connectivity index (χ1) is 7.36. The van der Waals surface area contributed by atoms with Crippen molar-refractivity contribution in [2.24, 2.45) is 0 Å². The van der Waals surface area contributed by atoms with E-state index in [2.05, 4.69) is 25.9 Å². The molecule has 3 rings (SSSR count). The Kier molecular flexibility index (Phi) is 2.29. The van der Waals surface area contributed by atoms with Crippen LogP contribution in [0.1, 0.15) is 0 Å². The summed E-state index contributed by atoms with van der Waals surface area (Å²) in [5.41, 5.74) is 1.73. The molecular formula is C9H5N3S2Se. The molecule has 0 N–H and O–H groups in total. The molecule has 0 radical (unpaired) electrons. The standard InChI is InChI=1S/C9H5N3S2Se/c13-8-6-3-1-2-4-7(6)15-12(8)9-11-10-5-14-9/h1-5H. The van der Waals surface area contributed by atoms with Crippen LogP contribution in [-0.4, -0.2) is 28.5 Å². The predicted molar refractivity (Wildman–Crippen MR) is 64.5 cm³/mol. The molecule has 0 aliphatic rings. The number of hydrogen-bond acceptors (Lipinski definition) is 4. The molecule has 0 atom stereocenters. The third-order valence-electron chi connectivity index (χ3n) is 2.01. The fourth-order valence-electron chi connectivity index (χ4n) is 1.35. The Morgan fingerprint density at radius 1 is 1.33 bits per heavy atom. The summed E-state index contributed by atoms with van der Waals surface area (Å²) in [6.07, 6.45) is 0. The second kappa shape index (κ2) is 3.64. The zero-order valence-corrected chi connectivity index (χ0v) is 10.8. The van der Waals surface area contributed by atoms with Gasteiger partial charge in [-0.2, -0.15) is 0 Å². The van der Waals surface area contributed by atoms with E-state index in [0.717, 1.165) is 9.77 Å². The van der Waals surface area contributed by atoms with Gasteiger partial charge in [-0.05, 0) is 0 Å². The van der Waals surface area contributed by atoms with E-state index in [1.54, 1.807) is 5.51 Å². The third kappa shape index (κ3) is 1.50. The van der Waals surface area contributed by atoms with Crippen LogP contribution in [0.3, 0.4) is 0 Å². The molecule has 74 valence electrons. The number of benzene rings is 1. The Labute approximate surface area is 101 Å². The van der Waals surface area contributed by atoms with Crippen molar-refractivity contribution in [3.63, 3.8) is 0 Å². The molecule has 6 heteroatoms. The number of fused-ring (bicyclic) bond motifs is 1. The van der Waals surface area contributed by atoms with Crippen LogP contribution in [0.5, 0.6) is 0 Å². The minimum atomic E-state index is 0.215. The van der Waals surface area contributed by atoms with E-state index < -0.39 is 0 Å². The van der Waals surface area contributed by atoms with Crippen LogP contribution in [0.25, 0.3) is 14.8 Å². The second-order valence-electron chi connectivity index (χ2n) is 2.91. The van der Waals surface area contributed by atoms with Gasteiger partial charge in [0.1, 0.15) is 0 Å². The number of aromatic nitrogens is 3. The minimum absolute atomic E-state index is 0.215. The van der Waals surface area contributed by atoms with Gasteiger partial charge in [0.05, 0.1) is 0 Å². The molecule has 0 aliphatic carbocycles. The molecule has 15 heavy (non-hydrogen) atoms. The Bertz CT molecular complexity index is 653. The molecule has 2 aromatic heterocycles. The van der Waals surface area contributed by atoms with E-state index in [4.69, 9.17) is 12.2 Å². The third-order valence-corrected chi connectivity index (χ3v) is 5.90. The van der Waals surface area contributed by atoms with Gasteiger partial charge in [0.25, 0.3) is 0 Å². The van der Waals surface area contributed by atoms with Gasteiger partial charge in [0.2, 0.25) is 0 Å². The molecular weight excluding hydrogens is 293 g/mol. The molecule has 1 aromatic carbocycles. The molecule has 0 saturated carbocycles. The van der Waals surface area contributed by atoms with Gasteiger partial charge in [-0.25, -0.2) is 0 Å². The fraction of sp³-hybridized carbons (Fsp3) is 0. The summed E-state index contributed by atoms with van der Waals surface area (Å²) in [6, 6.07) is 8.26. The molecule has 0 aliphatic heterocycles. The Hall–Kier alpha value is -0.811. The molecule has 2 heterocycles. The first kappa shape index (κ1) is 9.42. The van der Waals surface area contributed by atoms with Gasteiger partial charge in [-0.1, -0.05) is 0 Å². The molecule has 0 saturated heterocycles. The van der Waals surface area contributed by atoms with Crippen LogP contribution in [-0.2, 0) is 0 Å². The zero-order valence-electron chi connectivity index (χ0n) is 7.45. The summed E-state index contributed by atoms with van der Waals surface area (Å²) in [6.45, 7) is 0. The summed E-state index contributed by atoms with van der Waals surface area (Å²) < 4.78 is 4.29. The van der Waals surface area contributed by atoms with Crippen LogP contribution in [0.15, 0.2) is 29.8 Å². The van der Waals surface area contributed by atoms with Crippen molar-refractivity contribution in [1.82, 2.24) is 13.8 Å². The van der Waals surface area contributed by atoms with E-state index in [1.807, 2.05) is 12.1 Å². The van der Waals surface area contributed by atoms with E-state index in [9.17, 15) is 0 Å². The molecule has 0 unspecified atom stereocenters. The van der Waals surface area contributed by atoms with Crippen molar-refractivity contribution in [2.75, 3.05) is 0 Å². The topological polar surface area (TPSA) is 30.7 Å². The molecule has 0 fully saturated rings. The Balaban J connectivity index is 2.38. The first-order valence-electron chi connectivity index (χ1n) is 4.24. The van der Waals surface area contributed by atoms with Crippen LogP contribution < -0.4 is 0 Å². The molecule has 3 nitrogen and oxygen atoms in total. The van der Waals surface area contributed by atoms with Crippen molar-refractivity contribution in [1.29, 1.82) is 0 Å². The Morgan fingerprint density at radius 3 is 2.93 bits per heavy atom. The summed E-state index contributed by atoms with van der Waals surface area (Å²) in [5.74, 6) is 0. The summed E-state index contributed by atoms with van der Waals surface area (Å²) in [4.78, 5) is 0. The molecule has 0 spiro atoms. The number of rotatable bonds is 1. The quantitative estimate of drug-likeness (QED) is 0.510. The second-order valence-corrected chi connectivity index (χ2v) is 6.18. The average Bonchev–Trinajstić information content (AvgIpc) is 2.87. The molecule has 3 aromatic rings. The fourth-order valence-corrected chi connectivity index (χ4v) is 4.83. The average molecular weight is 298 g/mol. The van der Waals surface area contributed by atoms with Gasteiger partial charge in [-0.3, -0.25) is 0 Å². The van der Waals surface area contributed by atoms with E-state index in [1.165, 1.54) is 21.0 Å². The molecule has 0 bridgehead atoms. The van der Waals surface area contributed by atoms with Crippen molar-refractivity contribution < 1.29 is 0 Å². The van der Waals surface area contributed by atoms with Crippen LogP contribution in [0.2, 0.25) is 0 Å². The van der Waals surface area contributed by atoms with Crippen molar-refractivity contribution in [2.45, 2.75) is 0 Å². The van der Waals surface area contributed by atoms with Gasteiger partial charge in [0.15, 0.2) is 0 Å². The van der Waals surface area contributed by atoms with Crippen LogP contribution in [0, 0.1) is 4.64 Å². The van der Waals surface area contributed by atoms with Crippen LogP contribution in [0.4, 0.5) is 0 Å². The van der Waals surface area contributed by atoms with Gasteiger partial charge in [0, 0.05) is 0 Å². The van der Waals surface area contributed by atoms with Crippen LogP contribution >= 0.6 is 23.6 Å². The van der Waals surface area contributed by atoms with Crippen molar-refractivity contribution >= 4 is 47.9 Å². The summed E-state index contributed by atoms with van der Waals surface area (Å²) in [7, 11) is 0. The number of hydrogen-bond donors (Lipinski definition) is 0. The molecule has 0 amide bonds.